The number of nitrogens with zero attached hydrogens (tertiary/aromatic N) is 3. The highest BCUT2D eigenvalue weighted by atomic mass is 32.1. The number of aromatic hydroxyl groups is 1. The van der Waals surface area contributed by atoms with Crippen molar-refractivity contribution in [3.63, 3.8) is 0 Å². The number of hydrogen-bond acceptors (Lipinski definition) is 7. The minimum atomic E-state index is -0.371. The van der Waals surface area contributed by atoms with Crippen molar-refractivity contribution in [2.24, 2.45) is 5.10 Å². The molecule has 5 rings (SSSR count). The number of piperidine rings is 1. The van der Waals surface area contributed by atoms with Crippen LogP contribution in [0.15, 0.2) is 46.9 Å². The van der Waals surface area contributed by atoms with Crippen molar-refractivity contribution >= 4 is 40.2 Å². The number of hydrogen-bond donors (Lipinski definition) is 2. The summed E-state index contributed by atoms with van der Waals surface area (Å²) >= 11 is 2.64. The van der Waals surface area contributed by atoms with Crippen molar-refractivity contribution in [3.8, 4) is 16.2 Å². The minimum absolute atomic E-state index is 0.00476. The lowest BCUT2D eigenvalue weighted by atomic mass is 9.86. The number of amides is 2. The topological polar surface area (TPSA) is 85.2 Å². The number of rotatable bonds is 6. The van der Waals surface area contributed by atoms with Crippen molar-refractivity contribution in [2.75, 3.05) is 26.2 Å². The van der Waals surface area contributed by atoms with Gasteiger partial charge in [0.25, 0.3) is 11.8 Å². The molecule has 0 saturated carbocycles. The van der Waals surface area contributed by atoms with E-state index in [1.165, 1.54) is 54.2 Å². The first-order valence-corrected chi connectivity index (χ1v) is 15.7. The molecular formula is C31H38N4O3S2. The van der Waals surface area contributed by atoms with E-state index < -0.39 is 0 Å². The van der Waals surface area contributed by atoms with E-state index in [2.05, 4.69) is 48.3 Å². The van der Waals surface area contributed by atoms with Crippen LogP contribution in [0.2, 0.25) is 0 Å². The molecule has 212 valence electrons. The Morgan fingerprint density at radius 3 is 2.27 bits per heavy atom. The summed E-state index contributed by atoms with van der Waals surface area (Å²) in [7, 11) is 0. The highest BCUT2D eigenvalue weighted by Gasteiger charge is 2.29. The average Bonchev–Trinajstić information content (AvgIpc) is 3.72. The fourth-order valence-corrected chi connectivity index (χ4v) is 7.33. The lowest BCUT2D eigenvalue weighted by molar-refractivity contribution is 0.0649. The van der Waals surface area contributed by atoms with Gasteiger partial charge < -0.3 is 14.9 Å². The first kappa shape index (κ1) is 28.5. The lowest BCUT2D eigenvalue weighted by Gasteiger charge is -2.36. The van der Waals surface area contributed by atoms with Gasteiger partial charge in [0.05, 0.1) is 25.9 Å². The molecule has 1 aromatic carbocycles. The molecule has 0 atom stereocenters. The van der Waals surface area contributed by atoms with Gasteiger partial charge in [0.1, 0.15) is 5.75 Å². The molecule has 2 aromatic heterocycles. The van der Waals surface area contributed by atoms with E-state index in [9.17, 15) is 14.7 Å². The van der Waals surface area contributed by atoms with Crippen LogP contribution in [0.25, 0.3) is 10.4 Å². The van der Waals surface area contributed by atoms with Gasteiger partial charge in [-0.3, -0.25) is 9.59 Å². The van der Waals surface area contributed by atoms with Crippen LogP contribution < -0.4 is 5.43 Å². The van der Waals surface area contributed by atoms with E-state index in [1.807, 2.05) is 22.4 Å². The molecule has 9 heteroatoms. The third kappa shape index (κ3) is 6.16. The van der Waals surface area contributed by atoms with E-state index in [4.69, 9.17) is 0 Å². The van der Waals surface area contributed by atoms with Gasteiger partial charge in [-0.05, 0) is 74.4 Å². The van der Waals surface area contributed by atoms with Gasteiger partial charge in [0.15, 0.2) is 0 Å². The van der Waals surface area contributed by atoms with Crippen LogP contribution in [0.1, 0.15) is 83.8 Å². The van der Waals surface area contributed by atoms with Crippen LogP contribution >= 0.6 is 22.7 Å². The fraction of sp³-hybridized carbons (Fsp3) is 0.452. The molecule has 0 radical (unpaired) electrons. The Hall–Kier alpha value is -3.01. The van der Waals surface area contributed by atoms with Crippen LogP contribution in [-0.4, -0.2) is 64.7 Å². The summed E-state index contributed by atoms with van der Waals surface area (Å²) in [6.07, 6.45) is 4.59. The SMILES string of the molecule is CC(=NNC(=O)c1ccc(C(=O)N2CCC(N3CCCC3)CC2)s1)c1csc(-c2ccc(C(C)(C)C)cc2)c1O. The molecule has 0 spiro atoms. The molecule has 7 nitrogen and oxygen atoms in total. The fourth-order valence-electron chi connectivity index (χ4n) is 5.46. The molecular weight excluding hydrogens is 541 g/mol. The lowest BCUT2D eigenvalue weighted by Crippen LogP contribution is -2.45. The zero-order valence-corrected chi connectivity index (χ0v) is 25.3. The van der Waals surface area contributed by atoms with Crippen molar-refractivity contribution in [3.05, 3.63) is 62.7 Å². The highest BCUT2D eigenvalue weighted by molar-refractivity contribution is 7.16. The molecule has 0 aliphatic carbocycles. The molecule has 0 unspecified atom stereocenters. The van der Waals surface area contributed by atoms with Gasteiger partial charge in [-0.1, -0.05) is 45.0 Å². The van der Waals surface area contributed by atoms with E-state index in [0.29, 0.717) is 27.1 Å². The van der Waals surface area contributed by atoms with Crippen molar-refractivity contribution < 1.29 is 14.7 Å². The largest absolute Gasteiger partial charge is 0.506 e. The maximum atomic E-state index is 13.1. The van der Waals surface area contributed by atoms with Crippen molar-refractivity contribution in [2.45, 2.75) is 64.8 Å². The number of thiophene rings is 2. The second-order valence-electron chi connectivity index (χ2n) is 11.7. The Bertz CT molecular complexity index is 1390. The number of nitrogens with one attached hydrogen (secondary N) is 1. The van der Waals surface area contributed by atoms with Crippen LogP contribution in [0.5, 0.6) is 5.75 Å². The summed E-state index contributed by atoms with van der Waals surface area (Å²) in [6, 6.07) is 12.2. The summed E-state index contributed by atoms with van der Waals surface area (Å²) in [5, 5.41) is 17.0. The molecule has 0 bridgehead atoms. The molecule has 2 N–H and O–H groups in total. The van der Waals surface area contributed by atoms with Crippen molar-refractivity contribution in [1.82, 2.24) is 15.2 Å². The van der Waals surface area contributed by atoms with Gasteiger partial charge in [-0.15, -0.1) is 22.7 Å². The molecule has 2 fully saturated rings. The van der Waals surface area contributed by atoms with Crippen LogP contribution in [0, 0.1) is 0 Å². The Morgan fingerprint density at radius 1 is 0.975 bits per heavy atom. The minimum Gasteiger partial charge on any atom is -0.506 e. The van der Waals surface area contributed by atoms with Gasteiger partial charge >= 0.3 is 0 Å². The summed E-state index contributed by atoms with van der Waals surface area (Å²) in [6.45, 7) is 12.2. The number of carbonyl (C=O) groups excluding carboxylic acids is 2. The smallest absolute Gasteiger partial charge is 0.281 e. The van der Waals surface area contributed by atoms with Gasteiger partial charge in [-0.2, -0.15) is 5.10 Å². The zero-order chi connectivity index (χ0) is 28.4. The molecule has 2 amide bonds. The molecule has 3 aromatic rings. The van der Waals surface area contributed by atoms with E-state index in [1.54, 1.807) is 19.1 Å². The third-order valence-corrected chi connectivity index (χ3v) is 10.0. The monoisotopic (exact) mass is 578 g/mol. The molecule has 40 heavy (non-hydrogen) atoms. The number of benzene rings is 1. The summed E-state index contributed by atoms with van der Waals surface area (Å²) in [4.78, 5) is 32.1. The predicted molar refractivity (Wildman–Crippen MR) is 164 cm³/mol. The standard InChI is InChI=1S/C31H38N4O3S2/c1-20(24-19-39-28(27(24)36)21-7-9-22(10-8-21)31(2,3)4)32-33-29(37)25-11-12-26(40-25)30(38)35-17-13-23(14-18-35)34-15-5-6-16-34/h7-12,19,23,36H,5-6,13-18H2,1-4H3,(H,33,37). The number of likely N-dealkylation sites (tertiary alicyclic amines) is 2. The quantitative estimate of drug-likeness (QED) is 0.264. The molecule has 2 aliphatic rings. The zero-order valence-electron chi connectivity index (χ0n) is 23.7. The van der Waals surface area contributed by atoms with Crippen molar-refractivity contribution in [1.29, 1.82) is 0 Å². The van der Waals surface area contributed by atoms with Gasteiger partial charge in [0.2, 0.25) is 0 Å². The first-order chi connectivity index (χ1) is 19.1. The molecule has 4 heterocycles. The van der Waals surface area contributed by atoms with E-state index in [0.717, 1.165) is 36.4 Å². The average molecular weight is 579 g/mol. The Balaban J connectivity index is 1.19. The summed E-state index contributed by atoms with van der Waals surface area (Å²) < 4.78 is 0. The Kier molecular flexibility index (Phi) is 8.44. The number of carbonyl (C=O) groups is 2. The molecule has 2 saturated heterocycles. The van der Waals surface area contributed by atoms with E-state index >= 15 is 0 Å². The van der Waals surface area contributed by atoms with Gasteiger partial charge in [0, 0.05) is 24.5 Å². The number of hydrazone groups is 1. The summed E-state index contributed by atoms with van der Waals surface area (Å²) in [5.74, 6) is -0.222. The maximum absolute atomic E-state index is 13.1. The highest BCUT2D eigenvalue weighted by Crippen LogP contribution is 2.39. The summed E-state index contributed by atoms with van der Waals surface area (Å²) in [5.41, 5.74) is 5.91. The Labute approximate surface area is 244 Å². The van der Waals surface area contributed by atoms with Gasteiger partial charge in [-0.25, -0.2) is 5.43 Å². The first-order valence-electron chi connectivity index (χ1n) is 14.0. The second kappa shape index (κ2) is 11.8. The van der Waals surface area contributed by atoms with Crippen LogP contribution in [0.3, 0.4) is 0 Å². The second-order valence-corrected chi connectivity index (χ2v) is 13.7. The maximum Gasteiger partial charge on any atom is 0.281 e. The molecule has 2 aliphatic heterocycles. The normalized spacial score (nSPS) is 17.4. The van der Waals surface area contributed by atoms with Crippen LogP contribution in [0.4, 0.5) is 0 Å². The Morgan fingerprint density at radius 2 is 1.62 bits per heavy atom. The van der Waals surface area contributed by atoms with E-state index in [-0.39, 0.29) is 23.0 Å². The third-order valence-electron chi connectivity index (χ3n) is 7.94. The van der Waals surface area contributed by atoms with Crippen LogP contribution in [-0.2, 0) is 5.41 Å². The predicted octanol–water partition coefficient (Wildman–Crippen LogP) is 6.33.